The molecule has 0 amide bonds. The van der Waals surface area contributed by atoms with Gasteiger partial charge in [-0.05, 0) is 29.3 Å². The normalized spacial score (nSPS) is 10.6. The third-order valence-corrected chi connectivity index (χ3v) is 4.30. The van der Waals surface area contributed by atoms with Gasteiger partial charge in [-0.25, -0.2) is 0 Å². The molecule has 0 N–H and O–H groups in total. The summed E-state index contributed by atoms with van der Waals surface area (Å²) < 4.78 is 11.8. The SMILES string of the molecule is O=C(c1ccc(OCc2ccccc2)c(OCc2ccccc2)c1)C(Cl)Cl. The highest BCUT2D eigenvalue weighted by Gasteiger charge is 2.17. The number of carbonyl (C=O) groups excluding carboxylic acids is 1. The van der Waals surface area contributed by atoms with Gasteiger partial charge in [0, 0.05) is 5.56 Å². The number of benzene rings is 3. The Morgan fingerprint density at radius 2 is 1.26 bits per heavy atom. The molecule has 0 unspecified atom stereocenters. The zero-order valence-corrected chi connectivity index (χ0v) is 16.0. The van der Waals surface area contributed by atoms with Crippen LogP contribution in [0.4, 0.5) is 0 Å². The lowest BCUT2D eigenvalue weighted by molar-refractivity contribution is 0.101. The minimum absolute atomic E-state index is 0.353. The van der Waals surface area contributed by atoms with Crippen molar-refractivity contribution in [1.29, 1.82) is 0 Å². The molecule has 3 aromatic rings. The highest BCUT2D eigenvalue weighted by Crippen LogP contribution is 2.31. The van der Waals surface area contributed by atoms with Gasteiger partial charge in [0.2, 0.25) is 0 Å². The number of hydrogen-bond donors (Lipinski definition) is 0. The highest BCUT2D eigenvalue weighted by atomic mass is 35.5. The van der Waals surface area contributed by atoms with Gasteiger partial charge < -0.3 is 9.47 Å². The lowest BCUT2D eigenvalue weighted by Crippen LogP contribution is -2.09. The molecular formula is C22H18Cl2O3. The van der Waals surface area contributed by atoms with Gasteiger partial charge in [-0.3, -0.25) is 4.79 Å². The standard InChI is InChI=1S/C22H18Cl2O3/c23-22(24)21(25)18-11-12-19(26-14-16-7-3-1-4-8-16)20(13-18)27-15-17-9-5-2-6-10-17/h1-13,22H,14-15H2. The van der Waals surface area contributed by atoms with E-state index in [4.69, 9.17) is 32.7 Å². The Morgan fingerprint density at radius 3 is 1.78 bits per heavy atom. The van der Waals surface area contributed by atoms with Crippen molar-refractivity contribution in [1.82, 2.24) is 0 Å². The monoisotopic (exact) mass is 400 g/mol. The van der Waals surface area contributed by atoms with E-state index in [2.05, 4.69) is 0 Å². The summed E-state index contributed by atoms with van der Waals surface area (Å²) >= 11 is 11.4. The smallest absolute Gasteiger partial charge is 0.195 e. The van der Waals surface area contributed by atoms with Crippen molar-refractivity contribution in [3.63, 3.8) is 0 Å². The molecule has 138 valence electrons. The Morgan fingerprint density at radius 1 is 0.741 bits per heavy atom. The van der Waals surface area contributed by atoms with Gasteiger partial charge in [-0.15, -0.1) is 0 Å². The number of halogens is 2. The van der Waals surface area contributed by atoms with Crippen LogP contribution in [0.2, 0.25) is 0 Å². The summed E-state index contributed by atoms with van der Waals surface area (Å²) in [5.41, 5.74) is 2.42. The van der Waals surface area contributed by atoms with Crippen molar-refractivity contribution < 1.29 is 14.3 Å². The molecule has 5 heteroatoms. The summed E-state index contributed by atoms with van der Waals surface area (Å²) in [5.74, 6) is 0.638. The van der Waals surface area contributed by atoms with Crippen molar-refractivity contribution >= 4 is 29.0 Å². The van der Waals surface area contributed by atoms with Crippen molar-refractivity contribution in [2.45, 2.75) is 18.1 Å². The van der Waals surface area contributed by atoms with Crippen molar-refractivity contribution in [3.05, 3.63) is 95.6 Å². The number of rotatable bonds is 8. The number of alkyl halides is 2. The van der Waals surface area contributed by atoms with Gasteiger partial charge in [-0.1, -0.05) is 83.9 Å². The summed E-state index contributed by atoms with van der Waals surface area (Å²) in [5, 5.41) is 0. The molecule has 3 aromatic carbocycles. The molecule has 0 spiro atoms. The molecule has 0 bridgehead atoms. The van der Waals surface area contributed by atoms with Crippen LogP contribution in [0.15, 0.2) is 78.9 Å². The molecule has 0 atom stereocenters. The van der Waals surface area contributed by atoms with Crippen LogP contribution in [0.3, 0.4) is 0 Å². The largest absolute Gasteiger partial charge is 0.485 e. The molecule has 0 radical (unpaired) electrons. The van der Waals surface area contributed by atoms with E-state index in [0.717, 1.165) is 11.1 Å². The van der Waals surface area contributed by atoms with Crippen molar-refractivity contribution in [2.24, 2.45) is 0 Å². The predicted molar refractivity (Wildman–Crippen MR) is 108 cm³/mol. The number of Topliss-reactive ketones (excluding diaryl/α,β-unsaturated/α-hetero) is 1. The average Bonchev–Trinajstić information content (AvgIpc) is 2.72. The van der Waals surface area contributed by atoms with Crippen LogP contribution in [-0.2, 0) is 13.2 Å². The fraction of sp³-hybridized carbons (Fsp3) is 0.136. The van der Waals surface area contributed by atoms with Crippen LogP contribution in [0, 0.1) is 0 Å². The molecule has 0 aliphatic heterocycles. The first-order valence-electron chi connectivity index (χ1n) is 8.43. The fourth-order valence-electron chi connectivity index (χ4n) is 2.49. The van der Waals surface area contributed by atoms with Gasteiger partial charge in [0.15, 0.2) is 22.1 Å². The molecule has 0 fully saturated rings. The second kappa shape index (κ2) is 9.45. The maximum Gasteiger partial charge on any atom is 0.195 e. The van der Waals surface area contributed by atoms with E-state index in [-0.39, 0.29) is 5.78 Å². The first-order chi connectivity index (χ1) is 13.1. The average molecular weight is 401 g/mol. The predicted octanol–water partition coefficient (Wildman–Crippen LogP) is 5.83. The molecule has 0 heterocycles. The third kappa shape index (κ3) is 5.49. The molecular weight excluding hydrogens is 383 g/mol. The number of ketones is 1. The van der Waals surface area contributed by atoms with E-state index in [1.165, 1.54) is 0 Å². The van der Waals surface area contributed by atoms with Gasteiger partial charge >= 0.3 is 0 Å². The lowest BCUT2D eigenvalue weighted by atomic mass is 10.1. The van der Waals surface area contributed by atoms with Crippen LogP contribution in [-0.4, -0.2) is 10.6 Å². The first-order valence-corrected chi connectivity index (χ1v) is 9.30. The summed E-state index contributed by atoms with van der Waals surface area (Å²) in [6, 6.07) is 24.5. The van der Waals surface area contributed by atoms with Crippen LogP contribution >= 0.6 is 23.2 Å². The third-order valence-electron chi connectivity index (χ3n) is 3.90. The van der Waals surface area contributed by atoms with E-state index in [1.807, 2.05) is 60.7 Å². The van der Waals surface area contributed by atoms with Gasteiger partial charge in [0.05, 0.1) is 0 Å². The zero-order valence-electron chi connectivity index (χ0n) is 14.5. The first kappa shape index (κ1) is 19.3. The summed E-state index contributed by atoms with van der Waals surface area (Å²) in [7, 11) is 0. The number of ether oxygens (including phenoxy) is 2. The molecule has 0 aliphatic rings. The second-order valence-corrected chi connectivity index (χ2v) is 6.97. The number of hydrogen-bond acceptors (Lipinski definition) is 3. The Kier molecular flexibility index (Phi) is 6.74. The van der Waals surface area contributed by atoms with Gasteiger partial charge in [0.25, 0.3) is 0 Å². The summed E-state index contributed by atoms with van der Waals surface area (Å²) in [6.07, 6.45) is 0. The quantitative estimate of drug-likeness (QED) is 0.352. The van der Waals surface area contributed by atoms with Gasteiger partial charge in [-0.2, -0.15) is 0 Å². The zero-order chi connectivity index (χ0) is 19.1. The molecule has 0 aliphatic carbocycles. The molecule has 3 rings (SSSR count). The maximum absolute atomic E-state index is 12.1. The van der Waals surface area contributed by atoms with E-state index in [0.29, 0.717) is 30.3 Å². The minimum atomic E-state index is -1.12. The Bertz CT molecular complexity index is 881. The molecule has 0 saturated carbocycles. The Labute approximate surface area is 168 Å². The van der Waals surface area contributed by atoms with Crippen LogP contribution in [0.5, 0.6) is 11.5 Å². The minimum Gasteiger partial charge on any atom is -0.485 e. The van der Waals surface area contributed by atoms with Crippen molar-refractivity contribution in [3.8, 4) is 11.5 Å². The van der Waals surface area contributed by atoms with E-state index in [9.17, 15) is 4.79 Å². The van der Waals surface area contributed by atoms with Crippen LogP contribution in [0.25, 0.3) is 0 Å². The summed E-state index contributed by atoms with van der Waals surface area (Å²) in [4.78, 5) is 11.0. The second-order valence-electron chi connectivity index (χ2n) is 5.88. The highest BCUT2D eigenvalue weighted by molar-refractivity contribution is 6.55. The van der Waals surface area contributed by atoms with E-state index in [1.54, 1.807) is 18.2 Å². The Balaban J connectivity index is 1.80. The summed E-state index contributed by atoms with van der Waals surface area (Å²) in [6.45, 7) is 0.745. The molecule has 0 aromatic heterocycles. The maximum atomic E-state index is 12.1. The van der Waals surface area contributed by atoms with Gasteiger partial charge in [0.1, 0.15) is 13.2 Å². The van der Waals surface area contributed by atoms with Crippen LogP contribution in [0.1, 0.15) is 21.5 Å². The van der Waals surface area contributed by atoms with E-state index < -0.39 is 4.84 Å². The van der Waals surface area contributed by atoms with E-state index >= 15 is 0 Å². The fourth-order valence-corrected chi connectivity index (χ4v) is 2.74. The molecule has 3 nitrogen and oxygen atoms in total. The molecule has 27 heavy (non-hydrogen) atoms. The molecule has 0 saturated heterocycles. The van der Waals surface area contributed by atoms with Crippen LogP contribution < -0.4 is 9.47 Å². The Hall–Kier alpha value is -2.49. The topological polar surface area (TPSA) is 35.5 Å². The number of carbonyl (C=O) groups is 1. The van der Waals surface area contributed by atoms with Crippen molar-refractivity contribution in [2.75, 3.05) is 0 Å². The lowest BCUT2D eigenvalue weighted by Gasteiger charge is -2.14.